The molecule has 62 valence electrons. The minimum Gasteiger partial charge on any atom is -0.385 e. The Labute approximate surface area is 68.4 Å². The van der Waals surface area contributed by atoms with Crippen LogP contribution in [0.15, 0.2) is 23.3 Å². The van der Waals surface area contributed by atoms with Gasteiger partial charge in [0.25, 0.3) is 0 Å². The second-order valence-corrected chi connectivity index (χ2v) is 3.72. The smallest absolute Gasteiger partial charge is 0.0867 e. The molecule has 0 aromatic heterocycles. The molecule has 0 amide bonds. The lowest BCUT2D eigenvalue weighted by molar-refractivity contribution is 0.0672. The molecule has 0 aromatic rings. The Bertz CT molecular complexity index is 221. The summed E-state index contributed by atoms with van der Waals surface area (Å²) in [4.78, 5) is 0. The van der Waals surface area contributed by atoms with E-state index in [9.17, 15) is 5.11 Å². The molecule has 11 heavy (non-hydrogen) atoms. The van der Waals surface area contributed by atoms with Crippen LogP contribution in [0.1, 0.15) is 27.7 Å². The van der Waals surface area contributed by atoms with Gasteiger partial charge in [0, 0.05) is 5.92 Å². The van der Waals surface area contributed by atoms with Gasteiger partial charge in [-0.15, -0.1) is 0 Å². The van der Waals surface area contributed by atoms with Crippen LogP contribution in [-0.4, -0.2) is 10.7 Å². The van der Waals surface area contributed by atoms with Crippen molar-refractivity contribution in [1.29, 1.82) is 0 Å². The van der Waals surface area contributed by atoms with E-state index in [2.05, 4.69) is 19.9 Å². The van der Waals surface area contributed by atoms with Crippen molar-refractivity contribution in [2.45, 2.75) is 33.3 Å². The van der Waals surface area contributed by atoms with E-state index in [-0.39, 0.29) is 5.92 Å². The molecule has 0 saturated carbocycles. The van der Waals surface area contributed by atoms with Gasteiger partial charge in [0.15, 0.2) is 0 Å². The third-order valence-electron chi connectivity index (χ3n) is 2.53. The summed E-state index contributed by atoms with van der Waals surface area (Å²) in [5.74, 6) is 0.242. The maximum atomic E-state index is 9.87. The van der Waals surface area contributed by atoms with Gasteiger partial charge < -0.3 is 5.11 Å². The Morgan fingerprint density at radius 2 is 2.00 bits per heavy atom. The van der Waals surface area contributed by atoms with Crippen LogP contribution >= 0.6 is 0 Å². The van der Waals surface area contributed by atoms with E-state index >= 15 is 0 Å². The first-order valence-electron chi connectivity index (χ1n) is 4.03. The normalized spacial score (nSPS) is 38.1. The van der Waals surface area contributed by atoms with Crippen molar-refractivity contribution < 1.29 is 5.11 Å². The quantitative estimate of drug-likeness (QED) is 0.564. The van der Waals surface area contributed by atoms with Crippen LogP contribution in [0.2, 0.25) is 0 Å². The predicted octanol–water partition coefficient (Wildman–Crippen LogP) is 2.28. The third-order valence-corrected chi connectivity index (χ3v) is 2.53. The molecule has 1 N–H and O–H groups in total. The molecule has 0 fully saturated rings. The molecule has 0 bridgehead atoms. The second-order valence-electron chi connectivity index (χ2n) is 3.72. The second kappa shape index (κ2) is 2.49. The molecule has 1 rings (SSSR count). The number of rotatable bonds is 0. The highest BCUT2D eigenvalue weighted by Gasteiger charge is 2.29. The van der Waals surface area contributed by atoms with E-state index in [1.165, 1.54) is 5.57 Å². The van der Waals surface area contributed by atoms with Gasteiger partial charge >= 0.3 is 0 Å². The van der Waals surface area contributed by atoms with E-state index in [1.807, 2.05) is 19.9 Å². The Morgan fingerprint density at radius 3 is 2.45 bits per heavy atom. The van der Waals surface area contributed by atoms with Crippen LogP contribution in [0.4, 0.5) is 0 Å². The van der Waals surface area contributed by atoms with Gasteiger partial charge in [-0.2, -0.15) is 0 Å². The van der Waals surface area contributed by atoms with E-state index in [0.717, 1.165) is 5.57 Å². The van der Waals surface area contributed by atoms with Gasteiger partial charge in [0.1, 0.15) is 0 Å². The lowest BCUT2D eigenvalue weighted by Gasteiger charge is -2.31. The fourth-order valence-corrected chi connectivity index (χ4v) is 1.57. The molecule has 2 unspecified atom stereocenters. The monoisotopic (exact) mass is 152 g/mol. The van der Waals surface area contributed by atoms with Crippen LogP contribution in [0.25, 0.3) is 0 Å². The molecule has 0 aliphatic heterocycles. The highest BCUT2D eigenvalue weighted by atomic mass is 16.3. The largest absolute Gasteiger partial charge is 0.385 e. The maximum absolute atomic E-state index is 9.87. The van der Waals surface area contributed by atoms with Crippen molar-refractivity contribution in [2.24, 2.45) is 5.92 Å². The van der Waals surface area contributed by atoms with E-state index in [1.54, 1.807) is 0 Å². The lowest BCUT2D eigenvalue weighted by atomic mass is 9.80. The third kappa shape index (κ3) is 1.54. The van der Waals surface area contributed by atoms with E-state index < -0.39 is 5.60 Å². The first-order valence-corrected chi connectivity index (χ1v) is 4.03. The average Bonchev–Trinajstić information content (AvgIpc) is 1.81. The zero-order valence-electron chi connectivity index (χ0n) is 7.68. The molecule has 1 nitrogen and oxygen atoms in total. The molecular weight excluding hydrogens is 136 g/mol. The van der Waals surface area contributed by atoms with Crippen molar-refractivity contribution in [3.63, 3.8) is 0 Å². The van der Waals surface area contributed by atoms with Crippen molar-refractivity contribution in [2.75, 3.05) is 0 Å². The molecule has 0 heterocycles. The molecule has 1 heteroatoms. The molecule has 2 atom stereocenters. The fourth-order valence-electron chi connectivity index (χ4n) is 1.57. The first kappa shape index (κ1) is 8.54. The lowest BCUT2D eigenvalue weighted by Crippen LogP contribution is -2.33. The summed E-state index contributed by atoms with van der Waals surface area (Å²) >= 11 is 0. The van der Waals surface area contributed by atoms with Gasteiger partial charge in [-0.25, -0.2) is 0 Å². The number of hydrogen-bond acceptors (Lipinski definition) is 1. The minimum atomic E-state index is -0.650. The fraction of sp³-hybridized carbons (Fsp3) is 0.600. The Hall–Kier alpha value is -0.560. The minimum absolute atomic E-state index is 0.242. The van der Waals surface area contributed by atoms with Crippen LogP contribution in [0.3, 0.4) is 0 Å². The predicted molar refractivity (Wildman–Crippen MR) is 47.3 cm³/mol. The molecule has 0 radical (unpaired) electrons. The number of aliphatic hydroxyl groups is 1. The topological polar surface area (TPSA) is 20.2 Å². The van der Waals surface area contributed by atoms with Crippen LogP contribution in [-0.2, 0) is 0 Å². The maximum Gasteiger partial charge on any atom is 0.0867 e. The standard InChI is InChI=1S/C10H16O/c1-7-5-8(2)9(3)10(4,11)6-7/h5-6,9,11H,1-4H3. The van der Waals surface area contributed by atoms with Gasteiger partial charge in [0.05, 0.1) is 5.60 Å². The molecular formula is C10H16O. The van der Waals surface area contributed by atoms with E-state index in [0.29, 0.717) is 0 Å². The summed E-state index contributed by atoms with van der Waals surface area (Å²) in [6.45, 7) is 7.99. The Balaban J connectivity index is 3.01. The number of hydrogen-bond donors (Lipinski definition) is 1. The number of allylic oxidation sites excluding steroid dienone is 2. The van der Waals surface area contributed by atoms with Gasteiger partial charge in [0.2, 0.25) is 0 Å². The highest BCUT2D eigenvalue weighted by Crippen LogP contribution is 2.31. The van der Waals surface area contributed by atoms with Crippen molar-refractivity contribution >= 4 is 0 Å². The molecule has 0 saturated heterocycles. The highest BCUT2D eigenvalue weighted by molar-refractivity contribution is 5.32. The molecule has 0 aromatic carbocycles. The first-order chi connectivity index (χ1) is 4.93. The summed E-state index contributed by atoms with van der Waals surface area (Å²) in [7, 11) is 0. The van der Waals surface area contributed by atoms with Crippen molar-refractivity contribution in [3.05, 3.63) is 23.3 Å². The SMILES string of the molecule is CC1=CC(C)(O)C(C)C(C)=C1. The van der Waals surface area contributed by atoms with Crippen LogP contribution in [0, 0.1) is 5.92 Å². The van der Waals surface area contributed by atoms with E-state index in [4.69, 9.17) is 0 Å². The average molecular weight is 152 g/mol. The van der Waals surface area contributed by atoms with Gasteiger partial charge in [-0.1, -0.05) is 24.1 Å². The summed E-state index contributed by atoms with van der Waals surface area (Å²) in [6.07, 6.45) is 4.05. The zero-order chi connectivity index (χ0) is 8.65. The van der Waals surface area contributed by atoms with Gasteiger partial charge in [-0.05, 0) is 26.8 Å². The summed E-state index contributed by atoms with van der Waals surface area (Å²) in [5.41, 5.74) is 1.77. The molecule has 1 aliphatic rings. The summed E-state index contributed by atoms with van der Waals surface area (Å²) < 4.78 is 0. The van der Waals surface area contributed by atoms with Crippen molar-refractivity contribution in [1.82, 2.24) is 0 Å². The summed E-state index contributed by atoms with van der Waals surface area (Å²) in [6, 6.07) is 0. The van der Waals surface area contributed by atoms with Crippen molar-refractivity contribution in [3.8, 4) is 0 Å². The van der Waals surface area contributed by atoms with Crippen LogP contribution < -0.4 is 0 Å². The zero-order valence-corrected chi connectivity index (χ0v) is 7.68. The Morgan fingerprint density at radius 1 is 1.45 bits per heavy atom. The molecule has 1 aliphatic carbocycles. The molecule has 0 spiro atoms. The summed E-state index contributed by atoms with van der Waals surface area (Å²) in [5, 5.41) is 9.87. The Kier molecular flexibility index (Phi) is 1.93. The van der Waals surface area contributed by atoms with Gasteiger partial charge in [-0.3, -0.25) is 0 Å². The van der Waals surface area contributed by atoms with Crippen LogP contribution in [0.5, 0.6) is 0 Å².